The highest BCUT2D eigenvalue weighted by Crippen LogP contribution is 2.18. The van der Waals surface area contributed by atoms with E-state index in [1.165, 1.54) is 0 Å². The van der Waals surface area contributed by atoms with Crippen molar-refractivity contribution in [1.82, 2.24) is 0 Å². The molecule has 1 aromatic rings. The molecule has 0 aromatic heterocycles. The molecule has 1 unspecified atom stereocenters. The Labute approximate surface area is 121 Å². The van der Waals surface area contributed by atoms with Gasteiger partial charge in [0.1, 0.15) is 5.75 Å². The van der Waals surface area contributed by atoms with Crippen molar-refractivity contribution in [3.05, 3.63) is 29.8 Å². The summed E-state index contributed by atoms with van der Waals surface area (Å²) in [6.07, 6.45) is 2.19. The molecule has 0 bridgehead atoms. The topological polar surface area (TPSA) is 53.7 Å². The van der Waals surface area contributed by atoms with Gasteiger partial charge in [-0.2, -0.15) is 0 Å². The fourth-order valence-corrected chi connectivity index (χ4v) is 2.35. The summed E-state index contributed by atoms with van der Waals surface area (Å²) in [7, 11) is 0. The molecule has 4 heteroatoms. The van der Waals surface area contributed by atoms with E-state index < -0.39 is 0 Å². The minimum atomic E-state index is -0.0782. The van der Waals surface area contributed by atoms with Gasteiger partial charge in [-0.15, -0.1) is 0 Å². The second-order valence-electron chi connectivity index (χ2n) is 5.20. The fraction of sp³-hybridized carbons (Fsp3) is 0.625. The molecule has 1 aliphatic heterocycles. The molecule has 1 fully saturated rings. The molecule has 1 aliphatic rings. The number of hydrogen-bond donors (Lipinski definition) is 1. The van der Waals surface area contributed by atoms with Crippen LogP contribution in [0.15, 0.2) is 24.3 Å². The van der Waals surface area contributed by atoms with E-state index in [9.17, 15) is 0 Å². The van der Waals surface area contributed by atoms with Crippen LogP contribution in [0.3, 0.4) is 0 Å². The average molecular weight is 279 g/mol. The third kappa shape index (κ3) is 4.78. The quantitative estimate of drug-likeness (QED) is 0.833. The van der Waals surface area contributed by atoms with Crippen molar-refractivity contribution >= 4 is 0 Å². The molecule has 0 radical (unpaired) electrons. The van der Waals surface area contributed by atoms with E-state index in [0.717, 1.165) is 44.0 Å². The number of hydrogen-bond acceptors (Lipinski definition) is 4. The minimum Gasteiger partial charge on any atom is -0.494 e. The Kier molecular flexibility index (Phi) is 6.30. The van der Waals surface area contributed by atoms with Gasteiger partial charge in [0.25, 0.3) is 0 Å². The number of rotatable bonds is 7. The van der Waals surface area contributed by atoms with E-state index in [1.54, 1.807) is 0 Å². The molecule has 1 heterocycles. The van der Waals surface area contributed by atoms with E-state index >= 15 is 0 Å². The monoisotopic (exact) mass is 279 g/mol. The van der Waals surface area contributed by atoms with E-state index in [0.29, 0.717) is 19.1 Å². The summed E-state index contributed by atoms with van der Waals surface area (Å²) < 4.78 is 16.5. The molecule has 112 valence electrons. The summed E-state index contributed by atoms with van der Waals surface area (Å²) >= 11 is 0. The standard InChI is InChI=1S/C16H25NO3/c1-2-20-15-5-3-14(4-6-15)16(17)12-19-11-13-7-9-18-10-8-13/h3-6,13,16H,2,7-12,17H2,1H3. The predicted molar refractivity (Wildman–Crippen MR) is 78.9 cm³/mol. The van der Waals surface area contributed by atoms with Crippen molar-refractivity contribution < 1.29 is 14.2 Å². The zero-order chi connectivity index (χ0) is 14.2. The Morgan fingerprint density at radius 2 is 1.95 bits per heavy atom. The van der Waals surface area contributed by atoms with Gasteiger partial charge < -0.3 is 19.9 Å². The van der Waals surface area contributed by atoms with Crippen LogP contribution in [-0.2, 0) is 9.47 Å². The van der Waals surface area contributed by atoms with Gasteiger partial charge in [-0.05, 0) is 43.4 Å². The van der Waals surface area contributed by atoms with Crippen LogP contribution in [0.2, 0.25) is 0 Å². The lowest BCUT2D eigenvalue weighted by atomic mass is 10.0. The van der Waals surface area contributed by atoms with Gasteiger partial charge in [-0.3, -0.25) is 0 Å². The normalized spacial score (nSPS) is 17.9. The van der Waals surface area contributed by atoms with Gasteiger partial charge in [-0.25, -0.2) is 0 Å². The molecule has 0 aliphatic carbocycles. The zero-order valence-corrected chi connectivity index (χ0v) is 12.2. The highest BCUT2D eigenvalue weighted by atomic mass is 16.5. The predicted octanol–water partition coefficient (Wildman–Crippen LogP) is 2.53. The summed E-state index contributed by atoms with van der Waals surface area (Å²) in [5.41, 5.74) is 7.23. The van der Waals surface area contributed by atoms with Crippen molar-refractivity contribution in [2.24, 2.45) is 11.7 Å². The van der Waals surface area contributed by atoms with Gasteiger partial charge in [0.2, 0.25) is 0 Å². The number of benzene rings is 1. The molecule has 1 aromatic carbocycles. The van der Waals surface area contributed by atoms with Crippen LogP contribution in [0.5, 0.6) is 5.75 Å². The number of ether oxygens (including phenoxy) is 3. The minimum absolute atomic E-state index is 0.0782. The summed E-state index contributed by atoms with van der Waals surface area (Å²) in [6, 6.07) is 7.85. The second kappa shape index (κ2) is 8.25. The van der Waals surface area contributed by atoms with Crippen molar-refractivity contribution in [3.63, 3.8) is 0 Å². The van der Waals surface area contributed by atoms with E-state index in [2.05, 4.69) is 0 Å². The fourth-order valence-electron chi connectivity index (χ4n) is 2.35. The summed E-state index contributed by atoms with van der Waals surface area (Å²) in [5.74, 6) is 1.50. The molecule has 20 heavy (non-hydrogen) atoms. The third-order valence-electron chi connectivity index (χ3n) is 3.61. The maximum atomic E-state index is 6.14. The first-order valence-electron chi connectivity index (χ1n) is 7.43. The van der Waals surface area contributed by atoms with Crippen molar-refractivity contribution in [3.8, 4) is 5.75 Å². The molecule has 2 N–H and O–H groups in total. The molecule has 0 saturated carbocycles. The van der Waals surface area contributed by atoms with Crippen LogP contribution >= 0.6 is 0 Å². The Balaban J connectivity index is 1.71. The van der Waals surface area contributed by atoms with E-state index in [4.69, 9.17) is 19.9 Å². The highest BCUT2D eigenvalue weighted by Gasteiger charge is 2.14. The van der Waals surface area contributed by atoms with Crippen molar-refractivity contribution in [2.75, 3.05) is 33.0 Å². The average Bonchev–Trinajstić information content (AvgIpc) is 2.49. The first-order chi connectivity index (χ1) is 9.79. The van der Waals surface area contributed by atoms with E-state index in [1.807, 2.05) is 31.2 Å². The molecule has 2 rings (SSSR count). The number of nitrogens with two attached hydrogens (primary N) is 1. The van der Waals surface area contributed by atoms with Crippen molar-refractivity contribution in [2.45, 2.75) is 25.8 Å². The zero-order valence-electron chi connectivity index (χ0n) is 12.2. The van der Waals surface area contributed by atoms with Crippen molar-refractivity contribution in [1.29, 1.82) is 0 Å². The SMILES string of the molecule is CCOc1ccc(C(N)COCC2CCOCC2)cc1. The first-order valence-corrected chi connectivity index (χ1v) is 7.43. The van der Waals surface area contributed by atoms with Crippen LogP contribution in [0.25, 0.3) is 0 Å². The van der Waals surface area contributed by atoms with Crippen LogP contribution in [0.4, 0.5) is 0 Å². The molecule has 1 atom stereocenters. The lowest BCUT2D eigenvalue weighted by molar-refractivity contribution is 0.0174. The maximum Gasteiger partial charge on any atom is 0.119 e. The Morgan fingerprint density at radius 1 is 1.25 bits per heavy atom. The van der Waals surface area contributed by atoms with Crippen LogP contribution in [-0.4, -0.2) is 33.0 Å². The van der Waals surface area contributed by atoms with E-state index in [-0.39, 0.29) is 6.04 Å². The van der Waals surface area contributed by atoms with Crippen LogP contribution < -0.4 is 10.5 Å². The lowest BCUT2D eigenvalue weighted by Crippen LogP contribution is -2.23. The summed E-state index contributed by atoms with van der Waals surface area (Å²) in [5, 5.41) is 0. The van der Waals surface area contributed by atoms with Gasteiger partial charge in [0.05, 0.1) is 19.3 Å². The largest absolute Gasteiger partial charge is 0.494 e. The van der Waals surface area contributed by atoms with Crippen LogP contribution in [0.1, 0.15) is 31.4 Å². The van der Waals surface area contributed by atoms with Gasteiger partial charge >= 0.3 is 0 Å². The Hall–Kier alpha value is -1.10. The first kappa shape index (κ1) is 15.3. The summed E-state index contributed by atoms with van der Waals surface area (Å²) in [4.78, 5) is 0. The lowest BCUT2D eigenvalue weighted by Gasteiger charge is -2.22. The smallest absolute Gasteiger partial charge is 0.119 e. The molecular weight excluding hydrogens is 254 g/mol. The third-order valence-corrected chi connectivity index (χ3v) is 3.61. The van der Waals surface area contributed by atoms with Gasteiger partial charge in [-0.1, -0.05) is 12.1 Å². The Bertz CT molecular complexity index is 374. The second-order valence-corrected chi connectivity index (χ2v) is 5.20. The van der Waals surface area contributed by atoms with Gasteiger partial charge in [0, 0.05) is 19.8 Å². The molecule has 0 amide bonds. The molecule has 4 nitrogen and oxygen atoms in total. The van der Waals surface area contributed by atoms with Crippen LogP contribution in [0, 0.1) is 5.92 Å². The Morgan fingerprint density at radius 3 is 2.60 bits per heavy atom. The highest BCUT2D eigenvalue weighted by molar-refractivity contribution is 5.29. The van der Waals surface area contributed by atoms with Gasteiger partial charge in [0.15, 0.2) is 0 Å². The maximum absolute atomic E-state index is 6.14. The molecule has 0 spiro atoms. The molecule has 1 saturated heterocycles. The molecular formula is C16H25NO3. The summed E-state index contributed by atoms with van der Waals surface area (Å²) in [6.45, 7) is 5.72.